The molecule has 0 unspecified atom stereocenters. The van der Waals surface area contributed by atoms with Gasteiger partial charge in [0.2, 0.25) is 5.95 Å². The number of hydrogen-bond donors (Lipinski definition) is 1. The molecule has 222 valence electrons. The van der Waals surface area contributed by atoms with E-state index in [1.807, 2.05) is 35.2 Å². The summed E-state index contributed by atoms with van der Waals surface area (Å²) in [4.78, 5) is 25.2. The van der Waals surface area contributed by atoms with E-state index in [0.717, 1.165) is 5.56 Å². The fourth-order valence-electron chi connectivity index (χ4n) is 4.99. The molecule has 3 heterocycles. The first-order valence-corrected chi connectivity index (χ1v) is 13.1. The number of benzene rings is 2. The number of aromatic hydroxyl groups is 1. The van der Waals surface area contributed by atoms with Gasteiger partial charge in [-0.3, -0.25) is 0 Å². The van der Waals surface area contributed by atoms with Crippen molar-refractivity contribution >= 4 is 23.1 Å². The number of anilines is 1. The van der Waals surface area contributed by atoms with Crippen LogP contribution in [0.15, 0.2) is 42.6 Å². The summed E-state index contributed by atoms with van der Waals surface area (Å²) in [5.41, 5.74) is -1.68. The van der Waals surface area contributed by atoms with Crippen molar-refractivity contribution in [2.75, 3.05) is 24.5 Å². The minimum Gasteiger partial charge on any atom is -0.503 e. The van der Waals surface area contributed by atoms with Gasteiger partial charge in [-0.2, -0.15) is 23.3 Å². The lowest BCUT2D eigenvalue weighted by Gasteiger charge is -2.41. The molecule has 42 heavy (non-hydrogen) atoms. The zero-order valence-electron chi connectivity index (χ0n) is 22.9. The van der Waals surface area contributed by atoms with E-state index < -0.39 is 40.8 Å². The number of phenols is 1. The molecule has 0 spiro atoms. The van der Waals surface area contributed by atoms with Crippen LogP contribution in [0, 0.1) is 11.6 Å². The number of ether oxygens (including phenoxy) is 1. The van der Waals surface area contributed by atoms with E-state index in [4.69, 9.17) is 4.74 Å². The second-order valence-electron chi connectivity index (χ2n) is 10.2. The summed E-state index contributed by atoms with van der Waals surface area (Å²) in [6.07, 6.45) is -4.06. The maximum absolute atomic E-state index is 14.9. The molecule has 1 atom stereocenters. The Balaban J connectivity index is 1.53. The third-order valence-electron chi connectivity index (χ3n) is 6.95. The van der Waals surface area contributed by atoms with Crippen LogP contribution in [0.25, 0.3) is 22.3 Å². The van der Waals surface area contributed by atoms with Crippen molar-refractivity contribution in [2.45, 2.75) is 38.6 Å². The molecule has 1 aliphatic heterocycles. The smallest absolute Gasteiger partial charge is 0.419 e. The average molecular weight is 591 g/mol. The van der Waals surface area contributed by atoms with Crippen LogP contribution < -0.4 is 4.90 Å². The van der Waals surface area contributed by atoms with Gasteiger partial charge in [-0.25, -0.2) is 23.2 Å². The number of fused-ring (bicyclic) bond motifs is 1. The number of alkyl halides is 3. The number of phenolic OH excluding ortho intramolecular Hbond substituents is 1. The predicted molar refractivity (Wildman–Crippen MR) is 143 cm³/mol. The van der Waals surface area contributed by atoms with Crippen molar-refractivity contribution in [3.63, 3.8) is 0 Å². The van der Waals surface area contributed by atoms with Gasteiger partial charge in [-0.15, -0.1) is 0 Å². The molecule has 1 aliphatic rings. The zero-order chi connectivity index (χ0) is 30.3. The summed E-state index contributed by atoms with van der Waals surface area (Å²) in [5.74, 6) is -5.18. The highest BCUT2D eigenvalue weighted by Crippen LogP contribution is 2.41. The monoisotopic (exact) mass is 590 g/mol. The van der Waals surface area contributed by atoms with E-state index in [0.29, 0.717) is 26.1 Å². The summed E-state index contributed by atoms with van der Waals surface area (Å²) in [6, 6.07) is 9.64. The Labute approximate surface area is 237 Å². The first-order valence-electron chi connectivity index (χ1n) is 13.1. The summed E-state index contributed by atoms with van der Waals surface area (Å²) >= 11 is 0. The van der Waals surface area contributed by atoms with E-state index in [1.165, 1.54) is 17.9 Å². The van der Waals surface area contributed by atoms with Gasteiger partial charge in [0.15, 0.2) is 23.0 Å². The second kappa shape index (κ2) is 11.1. The molecular formula is C28H27F5N6O3. The van der Waals surface area contributed by atoms with Crippen molar-refractivity contribution in [1.29, 1.82) is 0 Å². The number of nitrogens with zero attached hydrogens (tertiary/aromatic N) is 6. The maximum Gasteiger partial charge on any atom is 0.419 e. The number of amides is 1. The summed E-state index contributed by atoms with van der Waals surface area (Å²) in [7, 11) is 1.47. The van der Waals surface area contributed by atoms with Crippen molar-refractivity contribution in [2.24, 2.45) is 7.05 Å². The molecule has 0 saturated carbocycles. The van der Waals surface area contributed by atoms with Crippen LogP contribution in [0.5, 0.6) is 5.75 Å². The van der Waals surface area contributed by atoms with Gasteiger partial charge in [0.05, 0.1) is 23.1 Å². The van der Waals surface area contributed by atoms with Crippen LogP contribution in [0.2, 0.25) is 0 Å². The predicted octanol–water partition coefficient (Wildman–Crippen LogP) is 5.31. The third-order valence-corrected chi connectivity index (χ3v) is 6.95. The van der Waals surface area contributed by atoms with E-state index in [1.54, 1.807) is 18.7 Å². The molecule has 14 heteroatoms. The van der Waals surface area contributed by atoms with Crippen LogP contribution in [0.3, 0.4) is 0 Å². The molecule has 9 nitrogen and oxygen atoms in total. The quantitative estimate of drug-likeness (QED) is 0.315. The van der Waals surface area contributed by atoms with E-state index in [2.05, 4.69) is 15.1 Å². The van der Waals surface area contributed by atoms with Crippen LogP contribution in [-0.2, 0) is 24.4 Å². The molecule has 0 radical (unpaired) electrons. The number of piperazine rings is 1. The van der Waals surface area contributed by atoms with Crippen LogP contribution >= 0.6 is 0 Å². The van der Waals surface area contributed by atoms with Crippen molar-refractivity contribution in [3.8, 4) is 17.0 Å². The molecule has 1 amide bonds. The van der Waals surface area contributed by atoms with Gasteiger partial charge in [-0.1, -0.05) is 30.3 Å². The van der Waals surface area contributed by atoms with E-state index in [-0.39, 0.29) is 40.9 Å². The molecule has 0 aliphatic carbocycles. The Hall–Kier alpha value is -4.49. The minimum absolute atomic E-state index is 0.0954. The Kier molecular flexibility index (Phi) is 7.64. The number of aryl methyl sites for hydroxylation is 1. The van der Waals surface area contributed by atoms with Crippen molar-refractivity contribution in [3.05, 3.63) is 65.4 Å². The molecule has 2 aromatic carbocycles. The lowest BCUT2D eigenvalue weighted by Crippen LogP contribution is -2.56. The normalized spacial score (nSPS) is 16.0. The topological polar surface area (TPSA) is 96.6 Å². The molecule has 1 saturated heterocycles. The maximum atomic E-state index is 14.9. The average Bonchev–Trinajstić information content (AvgIpc) is 3.26. The minimum atomic E-state index is -5.18. The van der Waals surface area contributed by atoms with Crippen LogP contribution in [0.4, 0.5) is 32.7 Å². The molecule has 0 bridgehead atoms. The summed E-state index contributed by atoms with van der Waals surface area (Å²) < 4.78 is 75.8. The summed E-state index contributed by atoms with van der Waals surface area (Å²) in [5, 5.41) is 14.0. The van der Waals surface area contributed by atoms with Crippen LogP contribution in [0.1, 0.15) is 25.0 Å². The molecule has 1 fully saturated rings. The zero-order valence-corrected chi connectivity index (χ0v) is 22.9. The highest BCUT2D eigenvalue weighted by Gasteiger charge is 2.38. The lowest BCUT2D eigenvalue weighted by molar-refractivity contribution is -0.140. The first kappa shape index (κ1) is 29.0. The molecule has 4 aromatic rings. The number of aromatic nitrogens is 4. The highest BCUT2D eigenvalue weighted by molar-refractivity contribution is 5.91. The third kappa shape index (κ3) is 5.52. The van der Waals surface area contributed by atoms with Gasteiger partial charge in [-0.05, 0) is 31.9 Å². The van der Waals surface area contributed by atoms with Crippen LogP contribution in [-0.4, -0.2) is 67.6 Å². The Morgan fingerprint density at radius 1 is 1.14 bits per heavy atom. The fraction of sp³-hybridized carbons (Fsp3) is 0.357. The Morgan fingerprint density at radius 2 is 1.86 bits per heavy atom. The van der Waals surface area contributed by atoms with Gasteiger partial charge in [0.1, 0.15) is 5.69 Å². The Morgan fingerprint density at radius 3 is 2.52 bits per heavy atom. The van der Waals surface area contributed by atoms with E-state index >= 15 is 0 Å². The Bertz CT molecular complexity index is 1630. The van der Waals surface area contributed by atoms with Gasteiger partial charge < -0.3 is 19.6 Å². The molecule has 2 aromatic heterocycles. The molecule has 1 N–H and O–H groups in total. The van der Waals surface area contributed by atoms with Crippen molar-refractivity contribution < 1.29 is 36.6 Å². The highest BCUT2D eigenvalue weighted by atomic mass is 19.4. The van der Waals surface area contributed by atoms with E-state index in [9.17, 15) is 31.9 Å². The number of halogens is 5. The lowest BCUT2D eigenvalue weighted by atomic mass is 10.0. The number of carbonyl (C=O) groups is 1. The molecule has 5 rings (SSSR count). The summed E-state index contributed by atoms with van der Waals surface area (Å²) in [6.45, 7) is 4.54. The largest absolute Gasteiger partial charge is 0.503 e. The SMILES string of the molecule is CC(C)OC(=O)N1CCN(c2ncc3c(-c4cc(C(F)(F)F)c(F)c(O)c4F)nn(C)c3n2)[C@H](Cc2ccccc2)C1. The first-order chi connectivity index (χ1) is 19.8. The van der Waals surface area contributed by atoms with Crippen molar-refractivity contribution in [1.82, 2.24) is 24.6 Å². The molecular weight excluding hydrogens is 563 g/mol. The standard InChI is InChI=1S/C28H27F5N6O3/c1-15(2)42-27(41)38-9-10-39(17(14-38)11-16-7-5-4-6-8-16)26-34-13-19-23(36-37(3)25(19)35-26)18-12-20(28(31,32)33)22(30)24(40)21(18)29/h4-8,12-13,15,17,40H,9-11,14H2,1-3H3/t17-/m1/s1. The van der Waals surface area contributed by atoms with Gasteiger partial charge in [0.25, 0.3) is 0 Å². The van der Waals surface area contributed by atoms with Gasteiger partial charge in [0, 0.05) is 38.4 Å². The van der Waals surface area contributed by atoms with Gasteiger partial charge >= 0.3 is 12.3 Å². The number of carbonyl (C=O) groups excluding carboxylic acids is 1. The number of hydrogen-bond acceptors (Lipinski definition) is 7. The second-order valence-corrected chi connectivity index (χ2v) is 10.2. The number of rotatable bonds is 5. The fourth-order valence-corrected chi connectivity index (χ4v) is 4.99.